The van der Waals surface area contributed by atoms with Crippen LogP contribution in [0.5, 0.6) is 0 Å². The summed E-state index contributed by atoms with van der Waals surface area (Å²) in [7, 11) is 0. The summed E-state index contributed by atoms with van der Waals surface area (Å²) >= 11 is -1.63. The summed E-state index contributed by atoms with van der Waals surface area (Å²) in [6, 6.07) is 0. The van der Waals surface area contributed by atoms with Crippen LogP contribution in [-0.4, -0.2) is 54.2 Å². The van der Waals surface area contributed by atoms with Gasteiger partial charge in [-0.15, -0.1) is 0 Å². The molecule has 10 heavy (non-hydrogen) atoms. The molecule has 0 aromatic rings. The van der Waals surface area contributed by atoms with Gasteiger partial charge in [0.2, 0.25) is 0 Å². The van der Waals surface area contributed by atoms with E-state index in [0.717, 1.165) is 8.16 Å². The third kappa shape index (κ3) is 7.17. The van der Waals surface area contributed by atoms with Gasteiger partial charge in [-0.05, 0) is 0 Å². The normalized spacial score (nSPS) is 9.00. The summed E-state index contributed by atoms with van der Waals surface area (Å²) in [5.41, 5.74) is 0. The van der Waals surface area contributed by atoms with Gasteiger partial charge in [0.15, 0.2) is 0 Å². The fourth-order valence-corrected chi connectivity index (χ4v) is 2.95. The number of hydrogen-bond acceptors (Lipinski definition) is 3. The van der Waals surface area contributed by atoms with Crippen LogP contribution in [0.4, 0.5) is 4.79 Å². The zero-order valence-electron chi connectivity index (χ0n) is 5.96. The van der Waals surface area contributed by atoms with Gasteiger partial charge >= 0.3 is 86.5 Å². The van der Waals surface area contributed by atoms with Gasteiger partial charge in [0.25, 0.3) is 0 Å². The average molecular weight is 536 g/mol. The predicted octanol–water partition coefficient (Wildman–Crippen LogP) is 1.25. The standard InChI is InChI=1S/2C2H5.CH2O3.2Po/c2*1-2;2-1(3)4;;/h2*1H2,2H3;(H2,2,3,4);;/q;;;2*+1/p-2. The third-order valence-corrected chi connectivity index (χ3v) is 4.30. The van der Waals surface area contributed by atoms with Gasteiger partial charge in [-0.25, -0.2) is 0 Å². The second-order valence-electron chi connectivity index (χ2n) is 1.23. The van der Waals surface area contributed by atoms with E-state index in [9.17, 15) is 4.79 Å². The number of rotatable bonds is 4. The Kier molecular flexibility index (Phi) is 9.03. The Morgan fingerprint density at radius 3 is 1.90 bits per heavy atom. The minimum atomic E-state index is -0.817. The van der Waals surface area contributed by atoms with E-state index < -0.39 is 54.2 Å². The van der Waals surface area contributed by atoms with Crippen molar-refractivity contribution < 1.29 is 10.3 Å². The first-order chi connectivity index (χ1) is 4.81. The van der Waals surface area contributed by atoms with Crippen molar-refractivity contribution in [2.75, 3.05) is 0 Å². The Hall–Kier alpha value is 1.06. The second kappa shape index (κ2) is 8.16. The van der Waals surface area contributed by atoms with Crippen molar-refractivity contribution in [1.82, 2.24) is 0 Å². The van der Waals surface area contributed by atoms with Gasteiger partial charge in [-0.3, -0.25) is 0 Å². The molecular weight excluding hydrogens is 526 g/mol. The molecule has 0 saturated carbocycles. The molecule has 3 nitrogen and oxygen atoms in total. The van der Waals surface area contributed by atoms with Crippen LogP contribution in [0.3, 0.4) is 0 Å². The third-order valence-electron chi connectivity index (χ3n) is 0.490. The van der Waals surface area contributed by atoms with Gasteiger partial charge in [0.05, 0.1) is 0 Å². The minimum absolute atomic E-state index is 0.404. The van der Waals surface area contributed by atoms with Crippen molar-refractivity contribution in [2.24, 2.45) is 0 Å². The van der Waals surface area contributed by atoms with Gasteiger partial charge in [0.1, 0.15) is 0 Å². The molecule has 0 fully saturated rings. The molecule has 0 aliphatic heterocycles. The van der Waals surface area contributed by atoms with Crippen molar-refractivity contribution in [3.63, 3.8) is 0 Å². The van der Waals surface area contributed by atoms with Crippen LogP contribution in [0.2, 0.25) is 8.16 Å². The number of carbonyl (C=O) groups is 1. The van der Waals surface area contributed by atoms with Crippen LogP contribution >= 0.6 is 0 Å². The van der Waals surface area contributed by atoms with Crippen molar-refractivity contribution in [2.45, 2.75) is 22.0 Å². The second-order valence-corrected chi connectivity index (χ2v) is 8.85. The summed E-state index contributed by atoms with van der Waals surface area (Å²) in [5.74, 6) is 0. The molecule has 0 saturated heterocycles. The van der Waals surface area contributed by atoms with Crippen molar-refractivity contribution in [1.29, 1.82) is 0 Å². The molecule has 0 radical (unpaired) electrons. The molecule has 0 heterocycles. The van der Waals surface area contributed by atoms with Crippen molar-refractivity contribution >= 4 is 54.2 Å². The molecule has 0 amide bonds. The Morgan fingerprint density at radius 2 is 1.60 bits per heavy atom. The molecule has 0 aromatic heterocycles. The van der Waals surface area contributed by atoms with Crippen molar-refractivity contribution in [3.05, 3.63) is 0 Å². The molecule has 0 aliphatic carbocycles. The SMILES string of the molecule is C[CH2][Po][O]C(=O)[O][Po][CH2]C. The summed E-state index contributed by atoms with van der Waals surface area (Å²) in [4.78, 5) is 10.6. The molecular formula is C5H10O3Po2. The molecule has 0 atom stereocenters. The fourth-order valence-electron chi connectivity index (χ4n) is 0.228. The molecule has 0 bridgehead atoms. The van der Waals surface area contributed by atoms with Crippen LogP contribution in [0.15, 0.2) is 0 Å². The van der Waals surface area contributed by atoms with Gasteiger partial charge in [0, 0.05) is 0 Å². The van der Waals surface area contributed by atoms with E-state index in [2.05, 4.69) is 0 Å². The van der Waals surface area contributed by atoms with Crippen molar-refractivity contribution in [3.8, 4) is 0 Å². The summed E-state index contributed by atoms with van der Waals surface area (Å²) in [6.45, 7) is 4.05. The fraction of sp³-hybridized carbons (Fsp3) is 0.800. The molecule has 0 rings (SSSR count). The summed E-state index contributed by atoms with van der Waals surface area (Å²) in [6.07, 6.45) is -0.404. The molecule has 0 N–H and O–H groups in total. The van der Waals surface area contributed by atoms with E-state index in [4.69, 9.17) is 5.54 Å². The van der Waals surface area contributed by atoms with Gasteiger partial charge in [-0.1, -0.05) is 0 Å². The molecule has 60 valence electrons. The van der Waals surface area contributed by atoms with Gasteiger partial charge in [-0.2, -0.15) is 0 Å². The van der Waals surface area contributed by atoms with E-state index in [-0.39, 0.29) is 0 Å². The first kappa shape index (κ1) is 11.1. The first-order valence-corrected chi connectivity index (χ1v) is 10.0. The Labute approximate surface area is 85.7 Å². The zero-order valence-corrected chi connectivity index (χ0v) is 12.3. The van der Waals surface area contributed by atoms with Crippen LogP contribution in [0.25, 0.3) is 0 Å². The molecule has 5 heteroatoms. The Balaban J connectivity index is 3.09. The topological polar surface area (TPSA) is 35.5 Å². The van der Waals surface area contributed by atoms with E-state index in [1.807, 2.05) is 13.8 Å². The Bertz CT molecular complexity index is 86.9. The van der Waals surface area contributed by atoms with Crippen LogP contribution in [0, 0.1) is 0 Å². The quantitative estimate of drug-likeness (QED) is 0.544. The monoisotopic (exact) mass is 536 g/mol. The summed E-state index contributed by atoms with van der Waals surface area (Å²) in [5, 5.41) is 0. The van der Waals surface area contributed by atoms with E-state index in [1.54, 1.807) is 0 Å². The van der Waals surface area contributed by atoms with E-state index >= 15 is 0 Å². The maximum absolute atomic E-state index is 10.6. The number of hydrogen-bond donors (Lipinski definition) is 0. The zero-order chi connectivity index (χ0) is 7.82. The summed E-state index contributed by atoms with van der Waals surface area (Å²) < 4.78 is 11.7. The van der Waals surface area contributed by atoms with Crippen LogP contribution < -0.4 is 0 Å². The van der Waals surface area contributed by atoms with E-state index in [1.165, 1.54) is 0 Å². The number of carbonyl (C=O) groups excluding carboxylic acids is 1. The molecule has 0 spiro atoms. The van der Waals surface area contributed by atoms with Gasteiger partial charge < -0.3 is 0 Å². The molecule has 0 aliphatic rings. The Morgan fingerprint density at radius 1 is 1.20 bits per heavy atom. The maximum atomic E-state index is 10.6. The van der Waals surface area contributed by atoms with E-state index in [0.29, 0.717) is 0 Å². The molecule has 0 unspecified atom stereocenters. The van der Waals surface area contributed by atoms with Crippen LogP contribution in [0.1, 0.15) is 13.8 Å². The average Bonchev–Trinajstić information content (AvgIpc) is 1.97. The molecule has 0 aromatic carbocycles. The predicted molar refractivity (Wildman–Crippen MR) is 40.0 cm³/mol. The first-order valence-electron chi connectivity index (χ1n) is 2.94. The van der Waals surface area contributed by atoms with Crippen LogP contribution in [-0.2, 0) is 5.54 Å².